The number of hydrogen-bond donors (Lipinski definition) is 1. The highest BCUT2D eigenvalue weighted by Crippen LogP contribution is 2.32. The second kappa shape index (κ2) is 11.6. The van der Waals surface area contributed by atoms with E-state index in [0.717, 1.165) is 42.8 Å². The maximum atomic E-state index is 13.6. The highest BCUT2D eigenvalue weighted by Gasteiger charge is 2.36. The van der Waals surface area contributed by atoms with Crippen molar-refractivity contribution in [1.29, 1.82) is 0 Å². The fourth-order valence-electron chi connectivity index (χ4n) is 5.03. The molecule has 37 heavy (non-hydrogen) atoms. The molecule has 1 N–H and O–H groups in total. The summed E-state index contributed by atoms with van der Waals surface area (Å²) in [6, 6.07) is 4.79. The lowest BCUT2D eigenvalue weighted by atomic mass is 10.1. The van der Waals surface area contributed by atoms with Gasteiger partial charge in [-0.3, -0.25) is 9.48 Å². The van der Waals surface area contributed by atoms with Gasteiger partial charge in [-0.2, -0.15) is 9.40 Å². The Bertz CT molecular complexity index is 1400. The van der Waals surface area contributed by atoms with Gasteiger partial charge < -0.3 is 31.2 Å². The fraction of sp³-hybridized carbons (Fsp3) is 0.560. The molecule has 0 unspecified atom stereocenters. The molecule has 12 heteroatoms. The zero-order valence-corrected chi connectivity index (χ0v) is 24.7. The van der Waals surface area contributed by atoms with E-state index in [4.69, 9.17) is 9.72 Å². The lowest BCUT2D eigenvalue weighted by Crippen LogP contribution is -3.00. The number of aryl methyl sites for hydroxylation is 2. The van der Waals surface area contributed by atoms with Crippen molar-refractivity contribution in [2.45, 2.75) is 45.4 Å². The first kappa shape index (κ1) is 29.3. The average Bonchev–Trinajstić information content (AvgIpc) is 3.20. The molecule has 2 aromatic heterocycles. The van der Waals surface area contributed by atoms with Crippen LogP contribution in [-0.2, 0) is 23.5 Å². The third-order valence-corrected chi connectivity index (χ3v) is 9.28. The topological polar surface area (TPSA) is 110 Å². The predicted molar refractivity (Wildman–Crippen MR) is 140 cm³/mol. The largest absolute Gasteiger partial charge is 1.00 e. The van der Waals surface area contributed by atoms with Gasteiger partial charge >= 0.3 is 0 Å². The molecule has 0 aliphatic carbocycles. The number of fused-ring (bicyclic) bond motifs is 1. The fourth-order valence-corrected chi connectivity index (χ4v) is 6.48. The van der Waals surface area contributed by atoms with E-state index in [1.54, 1.807) is 34.2 Å². The van der Waals surface area contributed by atoms with Crippen LogP contribution in [0.15, 0.2) is 27.9 Å². The first-order chi connectivity index (χ1) is 17.2. The van der Waals surface area contributed by atoms with Gasteiger partial charge in [0.05, 0.1) is 62.0 Å². The SMILES string of the molecule is CCCc1nn(C)c2c(=O)[nH]c(-c3cc(S(=O)(=O)N4CC[N+](CC)(CC)CC4)ccc3OCC)nc12.[Br-]. The van der Waals surface area contributed by atoms with E-state index in [1.807, 2.05) is 13.8 Å². The van der Waals surface area contributed by atoms with Crippen LogP contribution in [0.4, 0.5) is 0 Å². The van der Waals surface area contributed by atoms with Crippen molar-refractivity contribution in [2.24, 2.45) is 7.05 Å². The number of nitrogens with one attached hydrogen (secondary N) is 1. The number of sulfonamides is 1. The summed E-state index contributed by atoms with van der Waals surface area (Å²) < 4.78 is 37.1. The minimum atomic E-state index is -3.72. The van der Waals surface area contributed by atoms with E-state index in [0.29, 0.717) is 48.5 Å². The molecule has 3 aromatic rings. The first-order valence-electron chi connectivity index (χ1n) is 12.8. The van der Waals surface area contributed by atoms with Crippen LogP contribution in [0.5, 0.6) is 5.75 Å². The Balaban J connectivity index is 0.00000380. The summed E-state index contributed by atoms with van der Waals surface area (Å²) in [5, 5.41) is 4.48. The molecule has 0 amide bonds. The van der Waals surface area contributed by atoms with Crippen LogP contribution in [0.25, 0.3) is 22.4 Å². The Labute approximate surface area is 229 Å². The summed E-state index contributed by atoms with van der Waals surface area (Å²) in [6.07, 6.45) is 1.55. The van der Waals surface area contributed by atoms with Gasteiger partial charge in [-0.1, -0.05) is 13.3 Å². The number of benzene rings is 1. The molecule has 0 atom stereocenters. The summed E-state index contributed by atoms with van der Waals surface area (Å²) in [5.74, 6) is 0.732. The van der Waals surface area contributed by atoms with Crippen molar-refractivity contribution < 1.29 is 34.6 Å². The zero-order chi connectivity index (χ0) is 26.1. The van der Waals surface area contributed by atoms with Gasteiger partial charge in [0.2, 0.25) is 10.0 Å². The van der Waals surface area contributed by atoms with Gasteiger partial charge in [-0.15, -0.1) is 0 Å². The van der Waals surface area contributed by atoms with Crippen molar-refractivity contribution in [3.05, 3.63) is 34.2 Å². The Kier molecular flexibility index (Phi) is 9.20. The van der Waals surface area contributed by atoms with Gasteiger partial charge in [0.15, 0.2) is 5.52 Å². The molecule has 10 nitrogen and oxygen atoms in total. The summed E-state index contributed by atoms with van der Waals surface area (Å²) in [6.45, 7) is 13.1. The number of piperazine rings is 1. The lowest BCUT2D eigenvalue weighted by molar-refractivity contribution is -0.928. The number of likely N-dealkylation sites (N-methyl/N-ethyl adjacent to an activating group) is 1. The van der Waals surface area contributed by atoms with Crippen LogP contribution in [0.3, 0.4) is 0 Å². The van der Waals surface area contributed by atoms with Gasteiger partial charge in [0.1, 0.15) is 17.1 Å². The van der Waals surface area contributed by atoms with Crippen molar-refractivity contribution in [2.75, 3.05) is 45.9 Å². The number of halogens is 1. The second-order valence-electron chi connectivity index (χ2n) is 9.35. The van der Waals surface area contributed by atoms with Gasteiger partial charge in [0.25, 0.3) is 5.56 Å². The molecule has 3 heterocycles. The van der Waals surface area contributed by atoms with Crippen LogP contribution in [0.2, 0.25) is 0 Å². The van der Waals surface area contributed by atoms with E-state index >= 15 is 0 Å². The van der Waals surface area contributed by atoms with Crippen LogP contribution in [0.1, 0.15) is 39.8 Å². The van der Waals surface area contributed by atoms with E-state index in [2.05, 4.69) is 23.9 Å². The summed E-state index contributed by atoms with van der Waals surface area (Å²) in [5.41, 5.74) is 1.77. The maximum absolute atomic E-state index is 13.6. The van der Waals surface area contributed by atoms with Gasteiger partial charge in [0, 0.05) is 7.05 Å². The number of rotatable bonds is 9. The molecule has 0 saturated carbocycles. The molecule has 1 aliphatic heterocycles. The number of aromatic amines is 1. The quantitative estimate of drug-likeness (QED) is 0.335. The van der Waals surface area contributed by atoms with Crippen LogP contribution < -0.4 is 27.3 Å². The van der Waals surface area contributed by atoms with E-state index in [9.17, 15) is 13.2 Å². The number of nitrogens with zero attached hydrogens (tertiary/aromatic N) is 5. The Morgan fingerprint density at radius 2 is 1.78 bits per heavy atom. The molecule has 0 radical (unpaired) electrons. The van der Waals surface area contributed by atoms with Crippen molar-refractivity contribution in [3.63, 3.8) is 0 Å². The van der Waals surface area contributed by atoms with E-state index in [-0.39, 0.29) is 33.3 Å². The normalized spacial score (nSPS) is 16.0. The smallest absolute Gasteiger partial charge is 0.277 e. The third-order valence-electron chi connectivity index (χ3n) is 7.38. The molecule has 1 aromatic carbocycles. The summed E-state index contributed by atoms with van der Waals surface area (Å²) in [7, 11) is -2.00. The van der Waals surface area contributed by atoms with Crippen molar-refractivity contribution in [3.8, 4) is 17.1 Å². The van der Waals surface area contributed by atoms with Crippen LogP contribution in [-0.4, -0.2) is 82.8 Å². The van der Waals surface area contributed by atoms with Crippen LogP contribution >= 0.6 is 0 Å². The Morgan fingerprint density at radius 1 is 1.11 bits per heavy atom. The summed E-state index contributed by atoms with van der Waals surface area (Å²) in [4.78, 5) is 20.7. The Hall–Kier alpha value is -2.28. The minimum absolute atomic E-state index is 0. The number of ether oxygens (including phenoxy) is 1. The molecule has 1 aliphatic rings. The predicted octanol–water partition coefficient (Wildman–Crippen LogP) is -0.460. The third kappa shape index (κ3) is 5.47. The molecular weight excluding hydrogens is 560 g/mol. The maximum Gasteiger partial charge on any atom is 0.277 e. The molecule has 0 bridgehead atoms. The Morgan fingerprint density at radius 3 is 2.38 bits per heavy atom. The minimum Gasteiger partial charge on any atom is -1.00 e. The van der Waals surface area contributed by atoms with Crippen LogP contribution in [0, 0.1) is 0 Å². The number of H-pyrrole nitrogens is 1. The van der Waals surface area contributed by atoms with Gasteiger partial charge in [-0.25, -0.2) is 13.4 Å². The van der Waals surface area contributed by atoms with Crippen molar-refractivity contribution in [1.82, 2.24) is 24.1 Å². The molecule has 204 valence electrons. The number of hydrogen-bond acceptors (Lipinski definition) is 6. The standard InChI is InChI=1S/C25H36N6O4S.BrH/c1-6-10-20-22-23(29(5)28-20)25(32)27-24(26-22)19-17-18(11-12-21(19)35-9-4)36(33,34)30-13-15-31(7-2,8-3)16-14-30;/h11-12,17H,6-10,13-16H2,1-5H3;1H. The molecule has 1 fully saturated rings. The summed E-state index contributed by atoms with van der Waals surface area (Å²) >= 11 is 0. The first-order valence-corrected chi connectivity index (χ1v) is 14.2. The van der Waals surface area contributed by atoms with Crippen molar-refractivity contribution >= 4 is 21.1 Å². The second-order valence-corrected chi connectivity index (χ2v) is 11.3. The highest BCUT2D eigenvalue weighted by atomic mass is 79.9. The van der Waals surface area contributed by atoms with E-state index < -0.39 is 10.0 Å². The number of aromatic nitrogens is 4. The van der Waals surface area contributed by atoms with Gasteiger partial charge in [-0.05, 0) is 45.4 Å². The monoisotopic (exact) mass is 596 g/mol. The van der Waals surface area contributed by atoms with E-state index in [1.165, 1.54) is 0 Å². The lowest BCUT2D eigenvalue weighted by Gasteiger charge is -2.43. The number of quaternary nitrogens is 1. The molecular formula is C25H37BrN6O4S. The highest BCUT2D eigenvalue weighted by molar-refractivity contribution is 7.89. The average molecular weight is 598 g/mol. The zero-order valence-electron chi connectivity index (χ0n) is 22.3. The molecule has 4 rings (SSSR count). The molecule has 0 spiro atoms. The molecule has 1 saturated heterocycles.